The molecule has 26 heavy (non-hydrogen) atoms. The van der Waals surface area contributed by atoms with Crippen molar-refractivity contribution in [2.75, 3.05) is 0 Å². The molecule has 0 bridgehead atoms. The summed E-state index contributed by atoms with van der Waals surface area (Å²) < 4.78 is 11.1. The van der Waals surface area contributed by atoms with Crippen molar-refractivity contribution < 1.29 is 19.4 Å². The number of hydrogen-bond acceptors (Lipinski definition) is 4. The van der Waals surface area contributed by atoms with Crippen LogP contribution < -0.4 is 4.74 Å². The molecule has 2 aromatic carbocycles. The lowest BCUT2D eigenvalue weighted by Crippen LogP contribution is -2.31. The number of benzene rings is 2. The van der Waals surface area contributed by atoms with Crippen LogP contribution in [-0.2, 0) is 16.1 Å². The maximum Gasteiger partial charge on any atom is 0.309 e. The first-order chi connectivity index (χ1) is 12.5. The molecule has 0 amide bonds. The third-order valence-corrected chi connectivity index (χ3v) is 4.49. The minimum absolute atomic E-state index is 0.0253. The van der Waals surface area contributed by atoms with Gasteiger partial charge < -0.3 is 14.6 Å². The molecule has 4 nitrogen and oxygen atoms in total. The molecule has 2 aromatic rings. The van der Waals surface area contributed by atoms with E-state index in [2.05, 4.69) is 0 Å². The largest absolute Gasteiger partial charge is 0.488 e. The van der Waals surface area contributed by atoms with E-state index in [4.69, 9.17) is 32.7 Å². The molecule has 1 aliphatic rings. The Bertz CT molecular complexity index is 805. The summed E-state index contributed by atoms with van der Waals surface area (Å²) in [6.45, 7) is 0.371. The predicted molar refractivity (Wildman–Crippen MR) is 101 cm³/mol. The maximum absolute atomic E-state index is 11.4. The lowest BCUT2D eigenvalue weighted by atomic mass is 10.0. The van der Waals surface area contributed by atoms with Gasteiger partial charge in [-0.3, -0.25) is 4.79 Å². The molecule has 0 aromatic heterocycles. The molecule has 1 heterocycles. The molecule has 0 saturated carbocycles. The molecule has 1 saturated heterocycles. The molecule has 0 unspecified atom stereocenters. The minimum atomic E-state index is -0.694. The van der Waals surface area contributed by atoms with Gasteiger partial charge in [-0.1, -0.05) is 59.6 Å². The van der Waals surface area contributed by atoms with Gasteiger partial charge >= 0.3 is 5.97 Å². The Morgan fingerprint density at radius 2 is 2.00 bits per heavy atom. The fourth-order valence-corrected chi connectivity index (χ4v) is 3.25. The standard InChI is InChI=1S/C20H18Cl2O4/c21-14-8-18(22)17(7-6-16-10-15(23)11-20(24)26-16)19(9-14)25-12-13-4-2-1-3-5-13/h1-9,15-16,23H,10-12H2/b7-6+/t15-,16-/m1/s1. The first kappa shape index (κ1) is 18.8. The van der Waals surface area contributed by atoms with E-state index in [0.29, 0.717) is 34.4 Å². The molecule has 1 fully saturated rings. The third kappa shape index (κ3) is 5.01. The molecule has 1 N–H and O–H groups in total. The summed E-state index contributed by atoms with van der Waals surface area (Å²) in [7, 11) is 0. The Kier molecular flexibility index (Phi) is 6.20. The van der Waals surface area contributed by atoms with Crippen LogP contribution in [0.15, 0.2) is 48.5 Å². The molecule has 0 spiro atoms. The van der Waals surface area contributed by atoms with Crippen LogP contribution in [0.2, 0.25) is 10.0 Å². The average Bonchev–Trinajstić information content (AvgIpc) is 2.59. The summed E-state index contributed by atoms with van der Waals surface area (Å²) in [5, 5.41) is 10.6. The number of rotatable bonds is 5. The number of carbonyl (C=O) groups is 1. The summed E-state index contributed by atoms with van der Waals surface area (Å²) in [6, 6.07) is 13.1. The number of aliphatic hydroxyl groups excluding tert-OH is 1. The Hall–Kier alpha value is -2.01. The summed E-state index contributed by atoms with van der Waals surface area (Å²) in [6.07, 6.45) is 2.62. The van der Waals surface area contributed by atoms with Crippen LogP contribution in [0.3, 0.4) is 0 Å². The van der Waals surface area contributed by atoms with Crippen LogP contribution in [0.4, 0.5) is 0 Å². The van der Waals surface area contributed by atoms with Gasteiger partial charge in [0.2, 0.25) is 0 Å². The van der Waals surface area contributed by atoms with Gasteiger partial charge in [0.05, 0.1) is 17.5 Å². The Balaban J connectivity index is 1.79. The SMILES string of the molecule is O=C1C[C@H](O)C[C@@H](/C=C/c2c(Cl)cc(Cl)cc2OCc2ccccc2)O1. The highest BCUT2D eigenvalue weighted by Crippen LogP contribution is 2.33. The topological polar surface area (TPSA) is 55.8 Å². The summed E-state index contributed by atoms with van der Waals surface area (Å²) in [4.78, 5) is 11.4. The number of cyclic esters (lactones) is 1. The van der Waals surface area contributed by atoms with E-state index in [-0.39, 0.29) is 6.42 Å². The van der Waals surface area contributed by atoms with Crippen molar-refractivity contribution in [2.24, 2.45) is 0 Å². The summed E-state index contributed by atoms with van der Waals surface area (Å²) in [5.74, 6) is 0.117. The Labute approximate surface area is 162 Å². The van der Waals surface area contributed by atoms with Crippen molar-refractivity contribution in [1.82, 2.24) is 0 Å². The van der Waals surface area contributed by atoms with Gasteiger partial charge in [0.1, 0.15) is 18.5 Å². The molecule has 3 rings (SSSR count). The van der Waals surface area contributed by atoms with Gasteiger partial charge in [-0.15, -0.1) is 0 Å². The highest BCUT2D eigenvalue weighted by molar-refractivity contribution is 6.35. The number of hydrogen-bond donors (Lipinski definition) is 1. The van der Waals surface area contributed by atoms with Crippen LogP contribution >= 0.6 is 23.2 Å². The lowest BCUT2D eigenvalue weighted by Gasteiger charge is -2.23. The van der Waals surface area contributed by atoms with Gasteiger partial charge in [0.25, 0.3) is 0 Å². The number of aliphatic hydroxyl groups is 1. The number of halogens is 2. The smallest absolute Gasteiger partial charge is 0.309 e. The first-order valence-corrected chi connectivity index (χ1v) is 8.98. The number of ether oxygens (including phenoxy) is 2. The van der Waals surface area contributed by atoms with E-state index >= 15 is 0 Å². The Morgan fingerprint density at radius 1 is 1.23 bits per heavy atom. The molecule has 0 radical (unpaired) electrons. The molecule has 2 atom stereocenters. The van der Waals surface area contributed by atoms with E-state index in [1.54, 1.807) is 24.3 Å². The van der Waals surface area contributed by atoms with Gasteiger partial charge in [0, 0.05) is 17.0 Å². The Morgan fingerprint density at radius 3 is 2.73 bits per heavy atom. The van der Waals surface area contributed by atoms with Crippen LogP contribution in [-0.4, -0.2) is 23.3 Å². The third-order valence-electron chi connectivity index (χ3n) is 3.96. The van der Waals surface area contributed by atoms with Crippen molar-refractivity contribution in [3.8, 4) is 5.75 Å². The second-order valence-electron chi connectivity index (χ2n) is 6.05. The normalized spacial score (nSPS) is 20.2. The fourth-order valence-electron chi connectivity index (χ4n) is 2.71. The molecular formula is C20H18Cl2O4. The van der Waals surface area contributed by atoms with Crippen molar-refractivity contribution in [3.05, 3.63) is 69.7 Å². The van der Waals surface area contributed by atoms with Gasteiger partial charge in [0.15, 0.2) is 0 Å². The van der Waals surface area contributed by atoms with E-state index in [0.717, 1.165) is 5.56 Å². The quantitative estimate of drug-likeness (QED) is 0.752. The summed E-state index contributed by atoms with van der Waals surface area (Å²) >= 11 is 12.4. The number of esters is 1. The van der Waals surface area contributed by atoms with Crippen LogP contribution in [0.25, 0.3) is 6.08 Å². The minimum Gasteiger partial charge on any atom is -0.488 e. The monoisotopic (exact) mass is 392 g/mol. The van der Waals surface area contributed by atoms with Gasteiger partial charge in [-0.05, 0) is 23.8 Å². The van der Waals surface area contributed by atoms with Crippen molar-refractivity contribution in [1.29, 1.82) is 0 Å². The molecule has 136 valence electrons. The van der Waals surface area contributed by atoms with E-state index in [9.17, 15) is 9.90 Å². The van der Waals surface area contributed by atoms with Crippen LogP contribution in [0, 0.1) is 0 Å². The van der Waals surface area contributed by atoms with E-state index in [1.807, 2.05) is 30.3 Å². The van der Waals surface area contributed by atoms with Crippen molar-refractivity contribution in [2.45, 2.75) is 31.7 Å². The zero-order valence-electron chi connectivity index (χ0n) is 13.9. The zero-order valence-corrected chi connectivity index (χ0v) is 15.4. The fraction of sp³-hybridized carbons (Fsp3) is 0.250. The van der Waals surface area contributed by atoms with Gasteiger partial charge in [-0.25, -0.2) is 0 Å². The van der Waals surface area contributed by atoms with Crippen molar-refractivity contribution in [3.63, 3.8) is 0 Å². The van der Waals surface area contributed by atoms with Crippen molar-refractivity contribution >= 4 is 35.2 Å². The first-order valence-electron chi connectivity index (χ1n) is 8.23. The van der Waals surface area contributed by atoms with Crippen LogP contribution in [0.1, 0.15) is 24.0 Å². The second-order valence-corrected chi connectivity index (χ2v) is 6.90. The lowest BCUT2D eigenvalue weighted by molar-refractivity contribution is -0.156. The summed E-state index contributed by atoms with van der Waals surface area (Å²) in [5.41, 5.74) is 1.66. The predicted octanol–water partition coefficient (Wildman–Crippen LogP) is 4.65. The molecule has 1 aliphatic heterocycles. The zero-order chi connectivity index (χ0) is 18.5. The maximum atomic E-state index is 11.4. The van der Waals surface area contributed by atoms with E-state index < -0.39 is 18.2 Å². The molecule has 6 heteroatoms. The van der Waals surface area contributed by atoms with Gasteiger partial charge in [-0.2, -0.15) is 0 Å². The highest BCUT2D eigenvalue weighted by Gasteiger charge is 2.25. The molecular weight excluding hydrogens is 375 g/mol. The number of carbonyl (C=O) groups excluding carboxylic acids is 1. The second kappa shape index (κ2) is 8.58. The highest BCUT2D eigenvalue weighted by atomic mass is 35.5. The molecule has 0 aliphatic carbocycles. The average molecular weight is 393 g/mol. The van der Waals surface area contributed by atoms with Crippen LogP contribution in [0.5, 0.6) is 5.75 Å². The van der Waals surface area contributed by atoms with E-state index in [1.165, 1.54) is 0 Å².